The fraction of sp³-hybridized carbons (Fsp3) is 0.741. The van der Waals surface area contributed by atoms with Gasteiger partial charge in [-0.25, -0.2) is 18.0 Å². The average Bonchev–Trinajstić information content (AvgIpc) is 3.40. The maximum Gasteiger partial charge on any atom is 0.317 e. The number of likely N-dealkylation sites (tertiary alicyclic amines) is 1. The molecule has 2 aliphatic carbocycles. The molecule has 2 saturated carbocycles. The average molecular weight is 493 g/mol. The molecule has 2 heterocycles. The van der Waals surface area contributed by atoms with Gasteiger partial charge in [0.15, 0.2) is 0 Å². The van der Waals surface area contributed by atoms with Crippen LogP contribution in [0.25, 0.3) is 0 Å². The van der Waals surface area contributed by atoms with E-state index in [2.05, 4.69) is 29.0 Å². The number of nitrogens with zero attached hydrogens (tertiary/aromatic N) is 3. The molecule has 1 unspecified atom stereocenters. The number of piperazine rings is 1. The van der Waals surface area contributed by atoms with Gasteiger partial charge >= 0.3 is 6.03 Å². The number of hydrogen-bond acceptors (Lipinski definition) is 3. The summed E-state index contributed by atoms with van der Waals surface area (Å²) in [5.74, 6) is -2.28. The Morgan fingerprint density at radius 2 is 1.71 bits per heavy atom. The molecule has 194 valence electrons. The van der Waals surface area contributed by atoms with Gasteiger partial charge in [-0.05, 0) is 68.9 Å². The second kappa shape index (κ2) is 9.92. The van der Waals surface area contributed by atoms with E-state index in [1.165, 1.54) is 6.07 Å². The number of halogens is 3. The summed E-state index contributed by atoms with van der Waals surface area (Å²) in [6.45, 7) is 8.73. The fourth-order valence-corrected chi connectivity index (χ4v) is 7.08. The highest BCUT2D eigenvalue weighted by Gasteiger charge is 2.51. The van der Waals surface area contributed by atoms with Crippen LogP contribution in [0.5, 0.6) is 0 Å². The Morgan fingerprint density at radius 1 is 1.06 bits per heavy atom. The number of hydrogen-bond donors (Lipinski definition) is 1. The van der Waals surface area contributed by atoms with E-state index in [4.69, 9.17) is 0 Å². The maximum atomic E-state index is 15.1. The molecular formula is C27H39F3N4O. The fourth-order valence-electron chi connectivity index (χ4n) is 7.08. The van der Waals surface area contributed by atoms with Gasteiger partial charge in [0, 0.05) is 57.8 Å². The topological polar surface area (TPSA) is 38.8 Å². The summed E-state index contributed by atoms with van der Waals surface area (Å²) in [4.78, 5) is 19.5. The lowest BCUT2D eigenvalue weighted by Gasteiger charge is -2.47. The van der Waals surface area contributed by atoms with E-state index in [-0.39, 0.29) is 30.2 Å². The smallest absolute Gasteiger partial charge is 0.317 e. The van der Waals surface area contributed by atoms with Crippen LogP contribution in [-0.4, -0.2) is 84.0 Å². The molecule has 0 spiro atoms. The van der Waals surface area contributed by atoms with Crippen LogP contribution in [0.1, 0.15) is 57.4 Å². The van der Waals surface area contributed by atoms with E-state index in [0.717, 1.165) is 44.6 Å². The number of fused-ring (bicyclic) bond motifs is 1. The molecular weight excluding hydrogens is 453 g/mol. The molecule has 4 fully saturated rings. The van der Waals surface area contributed by atoms with Crippen molar-refractivity contribution in [3.05, 3.63) is 35.6 Å². The molecule has 2 aliphatic heterocycles. The van der Waals surface area contributed by atoms with Crippen molar-refractivity contribution in [3.8, 4) is 0 Å². The number of amides is 2. The van der Waals surface area contributed by atoms with Crippen molar-refractivity contribution in [3.63, 3.8) is 0 Å². The Balaban J connectivity index is 1.20. The second-order valence-corrected chi connectivity index (χ2v) is 11.4. The lowest BCUT2D eigenvalue weighted by Crippen LogP contribution is -2.65. The molecule has 1 aromatic rings. The normalized spacial score (nSPS) is 33.8. The molecule has 0 radical (unpaired) electrons. The van der Waals surface area contributed by atoms with Gasteiger partial charge in [0.25, 0.3) is 5.92 Å². The van der Waals surface area contributed by atoms with Crippen molar-refractivity contribution in [1.29, 1.82) is 0 Å². The van der Waals surface area contributed by atoms with Gasteiger partial charge in [0.1, 0.15) is 11.9 Å². The van der Waals surface area contributed by atoms with Crippen LogP contribution in [0.4, 0.5) is 18.0 Å². The second-order valence-electron chi connectivity index (χ2n) is 11.4. The van der Waals surface area contributed by atoms with Crippen molar-refractivity contribution in [2.75, 3.05) is 39.3 Å². The maximum absolute atomic E-state index is 15.1. The first-order valence-corrected chi connectivity index (χ1v) is 13.4. The number of nitrogens with one attached hydrogen (secondary N) is 1. The largest absolute Gasteiger partial charge is 0.328 e. The SMILES string of the molecule is CC(C)N1CCN([C@H]2CCCC(F)(F)[C@@H]2NC(=O)N2C[C@H]3CC(c4ccccc4F)C[C@H]3C2)CC1. The number of rotatable bonds is 4. The van der Waals surface area contributed by atoms with Crippen molar-refractivity contribution >= 4 is 6.03 Å². The Kier molecular flexibility index (Phi) is 7.05. The summed E-state index contributed by atoms with van der Waals surface area (Å²) in [5, 5.41) is 2.80. The number of carbonyl (C=O) groups excluding carboxylic acids is 1. The Morgan fingerprint density at radius 3 is 2.34 bits per heavy atom. The summed E-state index contributed by atoms with van der Waals surface area (Å²) in [6.07, 6.45) is 2.70. The molecule has 8 heteroatoms. The molecule has 2 amide bonds. The van der Waals surface area contributed by atoms with Gasteiger partial charge < -0.3 is 10.2 Å². The third-order valence-corrected chi connectivity index (χ3v) is 9.06. The van der Waals surface area contributed by atoms with Gasteiger partial charge in [-0.3, -0.25) is 9.80 Å². The van der Waals surface area contributed by atoms with Gasteiger partial charge in [-0.2, -0.15) is 0 Å². The van der Waals surface area contributed by atoms with Crippen LogP contribution in [0.2, 0.25) is 0 Å². The van der Waals surface area contributed by atoms with Crippen LogP contribution >= 0.6 is 0 Å². The minimum Gasteiger partial charge on any atom is -0.328 e. The molecule has 4 aliphatic rings. The highest BCUT2D eigenvalue weighted by Crippen LogP contribution is 2.47. The van der Waals surface area contributed by atoms with E-state index >= 15 is 8.78 Å². The van der Waals surface area contributed by atoms with Crippen LogP contribution in [0, 0.1) is 17.7 Å². The zero-order valence-electron chi connectivity index (χ0n) is 20.9. The summed E-state index contributed by atoms with van der Waals surface area (Å²) in [6, 6.07) is 5.55. The first-order chi connectivity index (χ1) is 16.7. The zero-order chi connectivity index (χ0) is 24.7. The summed E-state index contributed by atoms with van der Waals surface area (Å²) < 4.78 is 44.5. The van der Waals surface area contributed by atoms with Crippen LogP contribution < -0.4 is 5.32 Å². The highest BCUT2D eigenvalue weighted by atomic mass is 19.3. The van der Waals surface area contributed by atoms with Crippen molar-refractivity contribution < 1.29 is 18.0 Å². The Hall–Kier alpha value is -1.80. The minimum atomic E-state index is -2.90. The zero-order valence-corrected chi connectivity index (χ0v) is 20.9. The van der Waals surface area contributed by atoms with E-state index in [1.807, 2.05) is 12.1 Å². The number of benzene rings is 1. The van der Waals surface area contributed by atoms with Gasteiger partial charge in [0.2, 0.25) is 0 Å². The number of urea groups is 1. The lowest BCUT2D eigenvalue weighted by atomic mass is 9.85. The molecule has 0 bridgehead atoms. The van der Waals surface area contributed by atoms with Gasteiger partial charge in [0.05, 0.1) is 0 Å². The molecule has 1 aromatic carbocycles. The highest BCUT2D eigenvalue weighted by molar-refractivity contribution is 5.75. The third kappa shape index (κ3) is 5.06. The van der Waals surface area contributed by atoms with Crippen LogP contribution in [0.15, 0.2) is 24.3 Å². The standard InChI is InChI=1S/C27H39F3N4O/c1-18(2)32-10-12-33(13-11-32)24-8-5-9-27(29,30)25(24)31-26(35)34-16-20-14-19(15-21(20)17-34)22-6-3-4-7-23(22)28/h3-4,6-7,18-21,24-25H,5,8-17H2,1-2H3,(H,31,35)/t19?,20-,21+,24-,25+/m0/s1. The van der Waals surface area contributed by atoms with E-state index in [1.54, 1.807) is 11.0 Å². The third-order valence-electron chi connectivity index (χ3n) is 9.06. The summed E-state index contributed by atoms with van der Waals surface area (Å²) >= 11 is 0. The van der Waals surface area contributed by atoms with E-state index in [0.29, 0.717) is 43.8 Å². The summed E-state index contributed by atoms with van der Waals surface area (Å²) in [5.41, 5.74) is 0.764. The van der Waals surface area contributed by atoms with Crippen molar-refractivity contribution in [2.45, 2.75) is 75.9 Å². The summed E-state index contributed by atoms with van der Waals surface area (Å²) in [7, 11) is 0. The van der Waals surface area contributed by atoms with Crippen LogP contribution in [-0.2, 0) is 0 Å². The van der Waals surface area contributed by atoms with E-state index in [9.17, 15) is 9.18 Å². The quantitative estimate of drug-likeness (QED) is 0.671. The van der Waals surface area contributed by atoms with E-state index < -0.39 is 12.0 Å². The van der Waals surface area contributed by atoms with Crippen LogP contribution in [0.3, 0.4) is 0 Å². The monoisotopic (exact) mass is 492 g/mol. The van der Waals surface area contributed by atoms with Crippen molar-refractivity contribution in [2.24, 2.45) is 11.8 Å². The first kappa shape index (κ1) is 24.9. The first-order valence-electron chi connectivity index (χ1n) is 13.4. The predicted octanol–water partition coefficient (Wildman–Crippen LogP) is 4.54. The van der Waals surface area contributed by atoms with Gasteiger partial charge in [-0.1, -0.05) is 18.2 Å². The molecule has 5 atom stereocenters. The molecule has 35 heavy (non-hydrogen) atoms. The molecule has 2 saturated heterocycles. The predicted molar refractivity (Wildman–Crippen MR) is 130 cm³/mol. The molecule has 1 N–H and O–H groups in total. The minimum absolute atomic E-state index is 0.160. The molecule has 5 rings (SSSR count). The Bertz CT molecular complexity index is 890. The molecule has 5 nitrogen and oxygen atoms in total. The lowest BCUT2D eigenvalue weighted by molar-refractivity contribution is -0.0971. The number of carbonyl (C=O) groups is 1. The Labute approximate surface area is 207 Å². The number of alkyl halides is 2. The van der Waals surface area contributed by atoms with Crippen molar-refractivity contribution in [1.82, 2.24) is 20.0 Å². The van der Waals surface area contributed by atoms with Gasteiger partial charge in [-0.15, -0.1) is 0 Å². The molecule has 0 aromatic heterocycles.